The highest BCUT2D eigenvalue weighted by molar-refractivity contribution is 5.86. The summed E-state index contributed by atoms with van der Waals surface area (Å²) in [7, 11) is 1.65. The summed E-state index contributed by atoms with van der Waals surface area (Å²) in [6.45, 7) is 3.53. The van der Waals surface area contributed by atoms with Gasteiger partial charge in [-0.25, -0.2) is 4.98 Å². The third kappa shape index (κ3) is 4.89. The van der Waals surface area contributed by atoms with Crippen molar-refractivity contribution in [2.75, 3.05) is 48.9 Å². The highest BCUT2D eigenvalue weighted by atomic mass is 16.5. The fraction of sp³-hybridized carbons (Fsp3) is 0.320. The van der Waals surface area contributed by atoms with Crippen molar-refractivity contribution in [1.82, 2.24) is 15.3 Å². The number of amides is 1. The molecule has 1 aromatic heterocycles. The molecule has 2 aliphatic heterocycles. The molecule has 1 fully saturated rings. The van der Waals surface area contributed by atoms with Crippen LogP contribution in [0, 0.1) is 0 Å². The molecule has 1 saturated heterocycles. The SMILES string of the molecule is COc1cc(N2CCOCC2)ccc1Nc1ncc2c(n1)NC(Cc1ccccc1)C(=O)NC2. The number of nitrogens with one attached hydrogen (secondary N) is 3. The van der Waals surface area contributed by atoms with Crippen molar-refractivity contribution in [1.29, 1.82) is 0 Å². The van der Waals surface area contributed by atoms with Crippen LogP contribution in [0.5, 0.6) is 5.75 Å². The van der Waals surface area contributed by atoms with Gasteiger partial charge in [-0.1, -0.05) is 30.3 Å². The van der Waals surface area contributed by atoms with E-state index in [1.54, 1.807) is 13.3 Å². The minimum atomic E-state index is -0.422. The van der Waals surface area contributed by atoms with E-state index < -0.39 is 6.04 Å². The molecule has 3 N–H and O–H groups in total. The zero-order chi connectivity index (χ0) is 23.3. The average Bonchev–Trinajstić information content (AvgIpc) is 3.03. The van der Waals surface area contributed by atoms with Crippen LogP contribution in [0.1, 0.15) is 11.1 Å². The molecule has 0 aliphatic carbocycles. The molecule has 0 radical (unpaired) electrons. The summed E-state index contributed by atoms with van der Waals surface area (Å²) in [5.41, 5.74) is 3.77. The first-order chi connectivity index (χ1) is 16.7. The van der Waals surface area contributed by atoms with Gasteiger partial charge in [0.1, 0.15) is 17.6 Å². The fourth-order valence-corrected chi connectivity index (χ4v) is 4.17. The smallest absolute Gasteiger partial charge is 0.243 e. The lowest BCUT2D eigenvalue weighted by atomic mass is 10.1. The Morgan fingerprint density at radius 1 is 1.18 bits per heavy atom. The molecule has 0 bridgehead atoms. The first-order valence-corrected chi connectivity index (χ1v) is 11.4. The Morgan fingerprint density at radius 3 is 2.79 bits per heavy atom. The minimum absolute atomic E-state index is 0.0586. The number of methoxy groups -OCH3 is 1. The van der Waals surface area contributed by atoms with Crippen LogP contribution < -0.4 is 25.6 Å². The van der Waals surface area contributed by atoms with E-state index in [9.17, 15) is 4.79 Å². The molecule has 1 amide bonds. The maximum atomic E-state index is 12.6. The Labute approximate surface area is 198 Å². The molecule has 9 nitrogen and oxygen atoms in total. The zero-order valence-electron chi connectivity index (χ0n) is 19.1. The van der Waals surface area contributed by atoms with E-state index in [1.165, 1.54) is 0 Å². The van der Waals surface area contributed by atoms with Crippen LogP contribution >= 0.6 is 0 Å². The second kappa shape index (κ2) is 9.96. The summed E-state index contributed by atoms with van der Waals surface area (Å²) in [5.74, 6) is 1.71. The number of aromatic nitrogens is 2. The van der Waals surface area contributed by atoms with E-state index in [0.717, 1.165) is 48.8 Å². The van der Waals surface area contributed by atoms with Crippen molar-refractivity contribution in [3.05, 3.63) is 65.9 Å². The lowest BCUT2D eigenvalue weighted by Gasteiger charge is -2.29. The summed E-state index contributed by atoms with van der Waals surface area (Å²) >= 11 is 0. The quantitative estimate of drug-likeness (QED) is 0.516. The molecule has 1 unspecified atom stereocenters. The molecule has 9 heteroatoms. The van der Waals surface area contributed by atoms with Crippen LogP contribution in [0.2, 0.25) is 0 Å². The number of hydrogen-bond acceptors (Lipinski definition) is 8. The normalized spacial score (nSPS) is 17.7. The summed E-state index contributed by atoms with van der Waals surface area (Å²) in [6, 6.07) is 15.5. The van der Waals surface area contributed by atoms with E-state index >= 15 is 0 Å². The van der Waals surface area contributed by atoms with Gasteiger partial charge < -0.3 is 30.3 Å². The van der Waals surface area contributed by atoms with Crippen molar-refractivity contribution in [3.8, 4) is 5.75 Å². The Kier molecular flexibility index (Phi) is 6.44. The number of nitrogens with zero attached hydrogens (tertiary/aromatic N) is 3. The number of anilines is 4. The Balaban J connectivity index is 1.35. The van der Waals surface area contributed by atoms with Crippen LogP contribution in [-0.2, 0) is 22.5 Å². The number of morpholine rings is 1. The maximum absolute atomic E-state index is 12.6. The van der Waals surface area contributed by atoms with Crippen LogP contribution in [-0.4, -0.2) is 55.3 Å². The third-order valence-corrected chi connectivity index (χ3v) is 6.04. The third-order valence-electron chi connectivity index (χ3n) is 6.04. The van der Waals surface area contributed by atoms with E-state index in [-0.39, 0.29) is 5.91 Å². The van der Waals surface area contributed by atoms with Crippen LogP contribution in [0.3, 0.4) is 0 Å². The van der Waals surface area contributed by atoms with E-state index in [1.807, 2.05) is 42.5 Å². The molecule has 0 saturated carbocycles. The van der Waals surface area contributed by atoms with Crippen LogP contribution in [0.15, 0.2) is 54.7 Å². The first-order valence-electron chi connectivity index (χ1n) is 11.4. The molecule has 34 heavy (non-hydrogen) atoms. The standard InChI is InChI=1S/C25H28N6O3/c1-33-22-14-19(31-9-11-34-12-10-31)7-8-20(22)29-25-27-16-18-15-26-24(32)21(28-23(18)30-25)13-17-5-3-2-4-6-17/h2-8,14,16,21H,9-13,15H2,1H3,(H,26,32)(H2,27,28,29,30). The lowest BCUT2D eigenvalue weighted by molar-refractivity contribution is -0.121. The highest BCUT2D eigenvalue weighted by Gasteiger charge is 2.25. The zero-order valence-corrected chi connectivity index (χ0v) is 19.1. The van der Waals surface area contributed by atoms with Gasteiger partial charge in [0, 0.05) is 49.6 Å². The summed E-state index contributed by atoms with van der Waals surface area (Å²) in [6.07, 6.45) is 2.30. The van der Waals surface area contributed by atoms with Gasteiger partial charge in [0.05, 0.1) is 26.0 Å². The Hall–Kier alpha value is -3.85. The average molecular weight is 461 g/mol. The predicted octanol–water partition coefficient (Wildman–Crippen LogP) is 2.72. The number of carbonyl (C=O) groups is 1. The Morgan fingerprint density at radius 2 is 2.00 bits per heavy atom. The van der Waals surface area contributed by atoms with Gasteiger partial charge in [-0.2, -0.15) is 4.98 Å². The van der Waals surface area contributed by atoms with Gasteiger partial charge in [-0.05, 0) is 17.7 Å². The minimum Gasteiger partial charge on any atom is -0.494 e. The van der Waals surface area contributed by atoms with Crippen molar-refractivity contribution in [2.45, 2.75) is 19.0 Å². The van der Waals surface area contributed by atoms with Gasteiger partial charge in [-0.15, -0.1) is 0 Å². The van der Waals surface area contributed by atoms with E-state index in [2.05, 4.69) is 36.9 Å². The topological polar surface area (TPSA) is 101 Å². The maximum Gasteiger partial charge on any atom is 0.243 e. The molecule has 5 rings (SSSR count). The molecule has 3 heterocycles. The molecule has 2 aromatic carbocycles. The van der Waals surface area contributed by atoms with Gasteiger partial charge in [-0.3, -0.25) is 4.79 Å². The van der Waals surface area contributed by atoms with E-state index in [0.29, 0.717) is 30.5 Å². The molecule has 176 valence electrons. The molecule has 3 aromatic rings. The number of hydrogen-bond donors (Lipinski definition) is 3. The second-order valence-electron chi connectivity index (χ2n) is 8.28. The van der Waals surface area contributed by atoms with Crippen LogP contribution in [0.4, 0.5) is 23.1 Å². The van der Waals surface area contributed by atoms with Gasteiger partial charge >= 0.3 is 0 Å². The number of fused-ring (bicyclic) bond motifs is 1. The van der Waals surface area contributed by atoms with Gasteiger partial charge in [0.25, 0.3) is 0 Å². The number of carbonyl (C=O) groups excluding carboxylic acids is 1. The molecule has 2 aliphatic rings. The van der Waals surface area contributed by atoms with E-state index in [4.69, 9.17) is 9.47 Å². The number of ether oxygens (including phenoxy) is 2. The molecular weight excluding hydrogens is 432 g/mol. The number of rotatable bonds is 6. The molecule has 0 spiro atoms. The van der Waals surface area contributed by atoms with Gasteiger partial charge in [0.2, 0.25) is 11.9 Å². The summed E-state index contributed by atoms with van der Waals surface area (Å²) in [5, 5.41) is 9.54. The van der Waals surface area contributed by atoms with Crippen molar-refractivity contribution in [3.63, 3.8) is 0 Å². The highest BCUT2D eigenvalue weighted by Crippen LogP contribution is 2.32. The predicted molar refractivity (Wildman–Crippen MR) is 131 cm³/mol. The number of benzene rings is 2. The van der Waals surface area contributed by atoms with Crippen molar-refractivity contribution < 1.29 is 14.3 Å². The Bertz CT molecular complexity index is 1150. The van der Waals surface area contributed by atoms with Crippen molar-refractivity contribution in [2.24, 2.45) is 0 Å². The molecular formula is C25H28N6O3. The summed E-state index contributed by atoms with van der Waals surface area (Å²) in [4.78, 5) is 24.0. The van der Waals surface area contributed by atoms with Crippen molar-refractivity contribution >= 4 is 29.0 Å². The monoisotopic (exact) mass is 460 g/mol. The lowest BCUT2D eigenvalue weighted by Crippen LogP contribution is -2.38. The van der Waals surface area contributed by atoms with Crippen LogP contribution in [0.25, 0.3) is 0 Å². The van der Waals surface area contributed by atoms with Gasteiger partial charge in [0.15, 0.2) is 0 Å². The largest absolute Gasteiger partial charge is 0.494 e. The molecule has 1 atom stereocenters. The first kappa shape index (κ1) is 22.0. The summed E-state index contributed by atoms with van der Waals surface area (Å²) < 4.78 is 11.1. The fourth-order valence-electron chi connectivity index (χ4n) is 4.17. The second-order valence-corrected chi connectivity index (χ2v) is 8.28.